The van der Waals surface area contributed by atoms with Crippen molar-refractivity contribution in [1.29, 1.82) is 0 Å². The molecule has 2 aromatic carbocycles. The number of rotatable bonds is 8. The summed E-state index contributed by atoms with van der Waals surface area (Å²) in [6, 6.07) is 15.7. The van der Waals surface area contributed by atoms with Crippen molar-refractivity contribution in [3.8, 4) is 12.3 Å². The molecule has 1 aliphatic heterocycles. The quantitative estimate of drug-likeness (QED) is 0.267. The maximum absolute atomic E-state index is 12.9. The first-order chi connectivity index (χ1) is 15.5. The molecule has 0 saturated heterocycles. The summed E-state index contributed by atoms with van der Waals surface area (Å²) >= 11 is 2.21. The number of nitrogens with zero attached hydrogens (tertiary/aromatic N) is 2. The van der Waals surface area contributed by atoms with Gasteiger partial charge in [0, 0.05) is 51.3 Å². The second-order valence-corrected chi connectivity index (χ2v) is 9.04. The summed E-state index contributed by atoms with van der Waals surface area (Å²) in [7, 11) is 2.07. The topological polar surface area (TPSA) is 54.3 Å². The third kappa shape index (κ3) is 4.36. The van der Waals surface area contributed by atoms with Crippen LogP contribution in [0, 0.1) is 15.9 Å². The number of terminal acetylenes is 1. The van der Waals surface area contributed by atoms with E-state index in [4.69, 9.17) is 6.42 Å². The fraction of sp³-hybridized carbons (Fsp3) is 0.231. The standard InChI is InChI=1S/C26H24IN3O2/c1-3-4-14-29(2)15-9-16-30-17-20(18-10-6-8-13-22(18)30)24-23(25(31)28-26(24)32)19-11-5-7-12-21(19)27/h1,5-8,10-13,17H,4,9,14-16H2,2H3,(H,28,31,32). The number of carbonyl (C=O) groups excluding carboxylic acids is 2. The van der Waals surface area contributed by atoms with E-state index in [0.717, 1.165) is 58.1 Å². The Morgan fingerprint density at radius 2 is 1.69 bits per heavy atom. The van der Waals surface area contributed by atoms with Crippen LogP contribution in [0.5, 0.6) is 0 Å². The second kappa shape index (κ2) is 9.72. The number of hydrogen-bond acceptors (Lipinski definition) is 3. The molecule has 0 spiro atoms. The summed E-state index contributed by atoms with van der Waals surface area (Å²) in [6.45, 7) is 2.61. The van der Waals surface area contributed by atoms with Gasteiger partial charge >= 0.3 is 0 Å². The van der Waals surface area contributed by atoms with Gasteiger partial charge in [-0.3, -0.25) is 14.9 Å². The first-order valence-electron chi connectivity index (χ1n) is 10.6. The molecular formula is C26H24IN3O2. The maximum Gasteiger partial charge on any atom is 0.259 e. The molecule has 1 aliphatic rings. The zero-order chi connectivity index (χ0) is 22.7. The lowest BCUT2D eigenvalue weighted by Crippen LogP contribution is -2.22. The highest BCUT2D eigenvalue weighted by Gasteiger charge is 2.34. The lowest BCUT2D eigenvalue weighted by Gasteiger charge is -2.15. The van der Waals surface area contributed by atoms with Crippen molar-refractivity contribution in [1.82, 2.24) is 14.8 Å². The molecule has 4 rings (SSSR count). The summed E-state index contributed by atoms with van der Waals surface area (Å²) < 4.78 is 3.11. The lowest BCUT2D eigenvalue weighted by molar-refractivity contribution is -0.122. The first kappa shape index (κ1) is 22.3. The molecule has 0 unspecified atom stereocenters. The van der Waals surface area contributed by atoms with Gasteiger partial charge in [-0.15, -0.1) is 12.3 Å². The van der Waals surface area contributed by atoms with Crippen LogP contribution in [0.15, 0.2) is 54.7 Å². The van der Waals surface area contributed by atoms with Crippen LogP contribution in [-0.2, 0) is 16.1 Å². The van der Waals surface area contributed by atoms with Gasteiger partial charge in [0.05, 0.1) is 11.1 Å². The number of benzene rings is 2. The van der Waals surface area contributed by atoms with Crippen LogP contribution in [0.1, 0.15) is 24.0 Å². The Morgan fingerprint density at radius 1 is 1.00 bits per heavy atom. The van der Waals surface area contributed by atoms with Crippen molar-refractivity contribution < 1.29 is 9.59 Å². The van der Waals surface area contributed by atoms with Gasteiger partial charge in [0.25, 0.3) is 11.8 Å². The number of para-hydroxylation sites is 1. The highest BCUT2D eigenvalue weighted by Crippen LogP contribution is 2.37. The van der Waals surface area contributed by atoms with Crippen LogP contribution in [0.2, 0.25) is 0 Å². The predicted octanol–water partition coefficient (Wildman–Crippen LogP) is 4.16. The van der Waals surface area contributed by atoms with E-state index in [2.05, 4.69) is 56.4 Å². The van der Waals surface area contributed by atoms with E-state index in [1.807, 2.05) is 48.7 Å². The Kier molecular flexibility index (Phi) is 6.77. The van der Waals surface area contributed by atoms with Gasteiger partial charge in [0.2, 0.25) is 0 Å². The van der Waals surface area contributed by atoms with Gasteiger partial charge in [-0.2, -0.15) is 0 Å². The molecule has 1 aromatic heterocycles. The Morgan fingerprint density at radius 3 is 2.44 bits per heavy atom. The van der Waals surface area contributed by atoms with E-state index < -0.39 is 0 Å². The van der Waals surface area contributed by atoms with Crippen molar-refractivity contribution >= 4 is 56.5 Å². The summed E-state index contributed by atoms with van der Waals surface area (Å²) in [6.07, 6.45) is 9.06. The van der Waals surface area contributed by atoms with Crippen LogP contribution < -0.4 is 5.32 Å². The third-order valence-electron chi connectivity index (χ3n) is 5.71. The molecule has 3 aromatic rings. The summed E-state index contributed by atoms with van der Waals surface area (Å²) in [5.41, 5.74) is 3.50. The highest BCUT2D eigenvalue weighted by molar-refractivity contribution is 14.1. The molecule has 2 amide bonds. The molecule has 2 heterocycles. The summed E-state index contributed by atoms with van der Waals surface area (Å²) in [4.78, 5) is 27.9. The van der Waals surface area contributed by atoms with Crippen LogP contribution in [0.25, 0.3) is 22.0 Å². The normalized spacial score (nSPS) is 13.8. The number of imide groups is 1. The SMILES string of the molecule is C#CCCN(C)CCCn1cc(C2=C(c3ccccc3I)C(=O)NC2=O)c2ccccc21. The maximum atomic E-state index is 12.9. The van der Waals surface area contributed by atoms with E-state index in [1.54, 1.807) is 0 Å². The van der Waals surface area contributed by atoms with E-state index in [1.165, 1.54) is 0 Å². The molecule has 5 nitrogen and oxygen atoms in total. The predicted molar refractivity (Wildman–Crippen MR) is 137 cm³/mol. The van der Waals surface area contributed by atoms with Crippen molar-refractivity contribution in [3.63, 3.8) is 0 Å². The molecular weight excluding hydrogens is 513 g/mol. The molecule has 6 heteroatoms. The molecule has 0 bridgehead atoms. The minimum Gasteiger partial charge on any atom is -0.347 e. The number of hydrogen-bond donors (Lipinski definition) is 1. The van der Waals surface area contributed by atoms with Gasteiger partial charge < -0.3 is 9.47 Å². The number of aromatic nitrogens is 1. The van der Waals surface area contributed by atoms with Crippen LogP contribution in [0.3, 0.4) is 0 Å². The molecule has 0 saturated carbocycles. The molecule has 32 heavy (non-hydrogen) atoms. The third-order valence-corrected chi connectivity index (χ3v) is 6.65. The smallest absolute Gasteiger partial charge is 0.259 e. The molecule has 1 N–H and O–H groups in total. The Balaban J connectivity index is 1.74. The summed E-state index contributed by atoms with van der Waals surface area (Å²) in [5.74, 6) is 1.98. The fourth-order valence-electron chi connectivity index (χ4n) is 4.14. The number of amides is 2. The summed E-state index contributed by atoms with van der Waals surface area (Å²) in [5, 5.41) is 3.47. The van der Waals surface area contributed by atoms with Crippen molar-refractivity contribution in [2.75, 3.05) is 20.1 Å². The van der Waals surface area contributed by atoms with Crippen molar-refractivity contribution in [2.45, 2.75) is 19.4 Å². The molecule has 0 fully saturated rings. The number of aryl methyl sites for hydroxylation is 1. The first-order valence-corrected chi connectivity index (χ1v) is 11.6. The van der Waals surface area contributed by atoms with E-state index in [-0.39, 0.29) is 11.8 Å². The van der Waals surface area contributed by atoms with Crippen LogP contribution in [-0.4, -0.2) is 41.4 Å². The molecule has 0 atom stereocenters. The van der Waals surface area contributed by atoms with E-state index >= 15 is 0 Å². The largest absolute Gasteiger partial charge is 0.347 e. The van der Waals surface area contributed by atoms with Gasteiger partial charge in [0.15, 0.2) is 0 Å². The fourth-order valence-corrected chi connectivity index (χ4v) is 4.80. The van der Waals surface area contributed by atoms with E-state index in [9.17, 15) is 9.59 Å². The second-order valence-electron chi connectivity index (χ2n) is 7.88. The van der Waals surface area contributed by atoms with Gasteiger partial charge in [-0.05, 0) is 54.7 Å². The zero-order valence-electron chi connectivity index (χ0n) is 17.9. The van der Waals surface area contributed by atoms with E-state index in [0.29, 0.717) is 11.1 Å². The van der Waals surface area contributed by atoms with Gasteiger partial charge in [-0.1, -0.05) is 36.4 Å². The zero-order valence-corrected chi connectivity index (χ0v) is 20.1. The van der Waals surface area contributed by atoms with Gasteiger partial charge in [-0.25, -0.2) is 0 Å². The molecule has 0 aliphatic carbocycles. The minimum atomic E-state index is -0.346. The van der Waals surface area contributed by atoms with Crippen LogP contribution in [0.4, 0.5) is 0 Å². The monoisotopic (exact) mass is 537 g/mol. The van der Waals surface area contributed by atoms with Gasteiger partial charge in [0.1, 0.15) is 0 Å². The average Bonchev–Trinajstić information content (AvgIpc) is 3.29. The Bertz CT molecular complexity index is 1270. The average molecular weight is 537 g/mol. The number of carbonyl (C=O) groups is 2. The Hall–Kier alpha value is -2.89. The molecule has 0 radical (unpaired) electrons. The Labute approximate surface area is 201 Å². The number of halogens is 1. The molecule has 162 valence electrons. The number of fused-ring (bicyclic) bond motifs is 1. The van der Waals surface area contributed by atoms with Crippen LogP contribution >= 0.6 is 22.6 Å². The lowest BCUT2D eigenvalue weighted by atomic mass is 9.96. The number of nitrogens with one attached hydrogen (secondary N) is 1. The highest BCUT2D eigenvalue weighted by atomic mass is 127. The van der Waals surface area contributed by atoms with Crippen molar-refractivity contribution in [2.24, 2.45) is 0 Å². The van der Waals surface area contributed by atoms with Crippen molar-refractivity contribution in [3.05, 3.63) is 69.4 Å². The minimum absolute atomic E-state index is 0.346.